The number of sulfonamides is 1. The Bertz CT molecular complexity index is 765. The van der Waals surface area contributed by atoms with Crippen molar-refractivity contribution in [2.75, 3.05) is 12.8 Å². The first-order valence-corrected chi connectivity index (χ1v) is 8.68. The summed E-state index contributed by atoms with van der Waals surface area (Å²) in [6.45, 7) is 0.256. The lowest BCUT2D eigenvalue weighted by molar-refractivity contribution is 0.466. The number of benzene rings is 2. The van der Waals surface area contributed by atoms with E-state index in [1.54, 1.807) is 0 Å². The van der Waals surface area contributed by atoms with Crippen LogP contribution in [0.2, 0.25) is 5.02 Å². The van der Waals surface area contributed by atoms with Gasteiger partial charge in [0.05, 0.1) is 15.6 Å². The highest BCUT2D eigenvalue weighted by molar-refractivity contribution is 9.10. The average molecular weight is 390 g/mol. The minimum atomic E-state index is -3.62. The molecule has 7 heteroatoms. The highest BCUT2D eigenvalue weighted by atomic mass is 79.9. The van der Waals surface area contributed by atoms with Crippen LogP contribution >= 0.6 is 27.5 Å². The lowest BCUT2D eigenvalue weighted by Gasteiger charge is -2.18. The molecule has 4 nitrogen and oxygen atoms in total. The Morgan fingerprint density at radius 1 is 1.24 bits per heavy atom. The van der Waals surface area contributed by atoms with Crippen molar-refractivity contribution in [1.29, 1.82) is 0 Å². The second kappa shape index (κ2) is 6.36. The van der Waals surface area contributed by atoms with Crippen LogP contribution in [-0.2, 0) is 16.6 Å². The largest absolute Gasteiger partial charge is 0.397 e. The van der Waals surface area contributed by atoms with Crippen molar-refractivity contribution in [1.82, 2.24) is 4.31 Å². The molecule has 0 aliphatic heterocycles. The van der Waals surface area contributed by atoms with Crippen LogP contribution < -0.4 is 5.73 Å². The molecule has 0 spiro atoms. The number of nitrogens with two attached hydrogens (primary N) is 1. The summed E-state index contributed by atoms with van der Waals surface area (Å²) in [5, 5.41) is 0.336. The van der Waals surface area contributed by atoms with E-state index in [1.165, 1.54) is 29.6 Å². The summed E-state index contributed by atoms with van der Waals surface area (Å²) < 4.78 is 27.2. The van der Waals surface area contributed by atoms with E-state index >= 15 is 0 Å². The van der Waals surface area contributed by atoms with E-state index < -0.39 is 10.0 Å². The van der Waals surface area contributed by atoms with Crippen LogP contribution in [0, 0.1) is 0 Å². The van der Waals surface area contributed by atoms with Crippen molar-refractivity contribution >= 4 is 43.2 Å². The highest BCUT2D eigenvalue weighted by Gasteiger charge is 2.22. The molecule has 112 valence electrons. The van der Waals surface area contributed by atoms with Crippen molar-refractivity contribution in [2.24, 2.45) is 0 Å². The Morgan fingerprint density at radius 3 is 2.52 bits per heavy atom. The monoisotopic (exact) mass is 388 g/mol. The molecular weight excluding hydrogens is 376 g/mol. The number of hydrogen-bond donors (Lipinski definition) is 1. The van der Waals surface area contributed by atoms with Gasteiger partial charge in [-0.3, -0.25) is 0 Å². The van der Waals surface area contributed by atoms with E-state index in [4.69, 9.17) is 17.3 Å². The molecule has 0 heterocycles. The maximum atomic E-state index is 12.5. The normalized spacial score (nSPS) is 11.8. The lowest BCUT2D eigenvalue weighted by Crippen LogP contribution is -2.26. The molecule has 2 aromatic rings. The van der Waals surface area contributed by atoms with Crippen LogP contribution in [0.25, 0.3) is 0 Å². The van der Waals surface area contributed by atoms with Gasteiger partial charge in [0.2, 0.25) is 10.0 Å². The summed E-state index contributed by atoms with van der Waals surface area (Å²) in [5.74, 6) is 0. The van der Waals surface area contributed by atoms with Crippen LogP contribution in [0.3, 0.4) is 0 Å². The lowest BCUT2D eigenvalue weighted by atomic mass is 10.2. The Balaban J connectivity index is 2.30. The van der Waals surface area contributed by atoms with E-state index in [-0.39, 0.29) is 17.1 Å². The zero-order valence-corrected chi connectivity index (χ0v) is 14.4. The molecule has 0 aliphatic rings. The topological polar surface area (TPSA) is 63.4 Å². The summed E-state index contributed by atoms with van der Waals surface area (Å²) >= 11 is 9.23. The Labute approximate surface area is 137 Å². The summed E-state index contributed by atoms with van der Waals surface area (Å²) in [6.07, 6.45) is 0. The number of rotatable bonds is 4. The van der Waals surface area contributed by atoms with E-state index in [9.17, 15) is 8.42 Å². The molecule has 21 heavy (non-hydrogen) atoms. The predicted molar refractivity (Wildman–Crippen MR) is 88.7 cm³/mol. The van der Waals surface area contributed by atoms with Crippen molar-refractivity contribution in [3.63, 3.8) is 0 Å². The van der Waals surface area contributed by atoms with Gasteiger partial charge in [-0.05, 0) is 29.8 Å². The van der Waals surface area contributed by atoms with Gasteiger partial charge < -0.3 is 5.73 Å². The third-order valence-corrected chi connectivity index (χ3v) is 5.94. The zero-order valence-electron chi connectivity index (χ0n) is 11.3. The molecule has 0 unspecified atom stereocenters. The van der Waals surface area contributed by atoms with E-state index in [1.807, 2.05) is 24.3 Å². The van der Waals surface area contributed by atoms with E-state index in [2.05, 4.69) is 15.9 Å². The summed E-state index contributed by atoms with van der Waals surface area (Å²) in [6, 6.07) is 11.8. The van der Waals surface area contributed by atoms with Crippen LogP contribution in [0.15, 0.2) is 51.8 Å². The van der Waals surface area contributed by atoms with Crippen LogP contribution in [0.5, 0.6) is 0 Å². The molecule has 0 aromatic heterocycles. The second-order valence-corrected chi connectivity index (χ2v) is 7.84. The minimum Gasteiger partial charge on any atom is -0.397 e. The van der Waals surface area contributed by atoms with Crippen molar-refractivity contribution in [3.05, 3.63) is 57.5 Å². The third-order valence-electron chi connectivity index (χ3n) is 3.03. The number of halogens is 2. The number of anilines is 1. The van der Waals surface area contributed by atoms with Crippen LogP contribution in [-0.4, -0.2) is 19.8 Å². The Morgan fingerprint density at radius 2 is 1.90 bits per heavy atom. The highest BCUT2D eigenvalue weighted by Crippen LogP contribution is 2.25. The maximum Gasteiger partial charge on any atom is 0.243 e. The fourth-order valence-corrected chi connectivity index (χ4v) is 3.53. The van der Waals surface area contributed by atoms with Gasteiger partial charge in [0.1, 0.15) is 0 Å². The van der Waals surface area contributed by atoms with Crippen molar-refractivity contribution < 1.29 is 8.42 Å². The molecule has 2 rings (SSSR count). The average Bonchev–Trinajstić information content (AvgIpc) is 2.44. The Hall–Kier alpha value is -1.08. The van der Waals surface area contributed by atoms with Crippen LogP contribution in [0.4, 0.5) is 5.69 Å². The minimum absolute atomic E-state index is 0.124. The van der Waals surface area contributed by atoms with Gasteiger partial charge in [-0.15, -0.1) is 0 Å². The molecule has 0 amide bonds. The molecule has 0 fully saturated rings. The summed E-state index contributed by atoms with van der Waals surface area (Å²) in [5.41, 5.74) is 6.79. The fraction of sp³-hybridized carbons (Fsp3) is 0.143. The SMILES string of the molecule is CN(Cc1ccccc1Br)S(=O)(=O)c1ccc(Cl)c(N)c1. The quantitative estimate of drug-likeness (QED) is 0.814. The molecule has 0 aliphatic carbocycles. The van der Waals surface area contributed by atoms with E-state index in [0.29, 0.717) is 5.02 Å². The van der Waals surface area contributed by atoms with Crippen LogP contribution in [0.1, 0.15) is 5.56 Å². The third kappa shape index (κ3) is 3.58. The maximum absolute atomic E-state index is 12.5. The first kappa shape index (κ1) is 16.3. The molecule has 0 saturated carbocycles. The second-order valence-electron chi connectivity index (χ2n) is 4.54. The Kier molecular flexibility index (Phi) is 4.93. The molecule has 0 bridgehead atoms. The van der Waals surface area contributed by atoms with Gasteiger partial charge in [-0.25, -0.2) is 8.42 Å². The standard InChI is InChI=1S/C14H14BrClN2O2S/c1-18(9-10-4-2-3-5-12(10)15)21(19,20)11-6-7-13(16)14(17)8-11/h2-8H,9,17H2,1H3. The molecule has 2 N–H and O–H groups in total. The van der Waals surface area contributed by atoms with Gasteiger partial charge in [-0.2, -0.15) is 4.31 Å². The van der Waals surface area contributed by atoms with Crippen molar-refractivity contribution in [2.45, 2.75) is 11.4 Å². The molecule has 0 radical (unpaired) electrons. The van der Waals surface area contributed by atoms with Crippen molar-refractivity contribution in [3.8, 4) is 0 Å². The smallest absolute Gasteiger partial charge is 0.243 e. The van der Waals surface area contributed by atoms with Gasteiger partial charge in [0.25, 0.3) is 0 Å². The van der Waals surface area contributed by atoms with E-state index in [0.717, 1.165) is 10.0 Å². The number of nitrogens with zero attached hydrogens (tertiary/aromatic N) is 1. The van der Waals surface area contributed by atoms with Gasteiger partial charge in [0.15, 0.2) is 0 Å². The van der Waals surface area contributed by atoms with Gasteiger partial charge in [0, 0.05) is 18.1 Å². The predicted octanol–water partition coefficient (Wildman–Crippen LogP) is 3.51. The zero-order chi connectivity index (χ0) is 15.6. The fourth-order valence-electron chi connectivity index (χ4n) is 1.81. The number of hydrogen-bond acceptors (Lipinski definition) is 3. The van der Waals surface area contributed by atoms with Gasteiger partial charge >= 0.3 is 0 Å². The molecular formula is C14H14BrClN2O2S. The molecule has 0 atom stereocenters. The summed E-state index contributed by atoms with van der Waals surface area (Å²) in [4.78, 5) is 0.124. The summed E-state index contributed by atoms with van der Waals surface area (Å²) in [7, 11) is -2.09. The number of nitrogen functional groups attached to an aromatic ring is 1. The first-order valence-electron chi connectivity index (χ1n) is 6.07. The first-order chi connectivity index (χ1) is 9.82. The molecule has 2 aromatic carbocycles. The van der Waals surface area contributed by atoms with Gasteiger partial charge in [-0.1, -0.05) is 45.7 Å². The molecule has 0 saturated heterocycles.